The van der Waals surface area contributed by atoms with Gasteiger partial charge in [0, 0.05) is 18.7 Å². The molecule has 6 nitrogen and oxygen atoms in total. The Balaban J connectivity index is 1.42. The Kier molecular flexibility index (Phi) is 3.23. The number of hydrogen-bond acceptors (Lipinski definition) is 3. The van der Waals surface area contributed by atoms with Gasteiger partial charge in [0.15, 0.2) is 0 Å². The molecule has 1 aromatic rings. The maximum atomic E-state index is 11.6. The van der Waals surface area contributed by atoms with Crippen molar-refractivity contribution in [3.05, 3.63) is 12.4 Å². The van der Waals surface area contributed by atoms with Crippen LogP contribution in [0, 0.1) is 11.8 Å². The van der Waals surface area contributed by atoms with Crippen LogP contribution in [0.3, 0.4) is 0 Å². The number of carbonyl (C=O) groups excluding carboxylic acids is 2. The quantitative estimate of drug-likeness (QED) is 0.794. The van der Waals surface area contributed by atoms with E-state index in [9.17, 15) is 9.59 Å². The van der Waals surface area contributed by atoms with Gasteiger partial charge in [-0.25, -0.2) is 0 Å². The van der Waals surface area contributed by atoms with Crippen molar-refractivity contribution in [1.82, 2.24) is 15.1 Å². The monoisotopic (exact) mass is 262 g/mol. The van der Waals surface area contributed by atoms with Crippen LogP contribution in [-0.4, -0.2) is 28.1 Å². The molecule has 3 rings (SSSR count). The summed E-state index contributed by atoms with van der Waals surface area (Å²) in [6, 6.07) is 0. The Morgan fingerprint density at radius 1 is 1.32 bits per heavy atom. The van der Waals surface area contributed by atoms with Gasteiger partial charge in [-0.15, -0.1) is 0 Å². The van der Waals surface area contributed by atoms with Crippen LogP contribution in [0.15, 0.2) is 12.4 Å². The Labute approximate surface area is 111 Å². The first-order chi connectivity index (χ1) is 9.20. The highest BCUT2D eigenvalue weighted by molar-refractivity contribution is 5.94. The molecule has 0 spiro atoms. The summed E-state index contributed by atoms with van der Waals surface area (Å²) < 4.78 is 1.86. The first kappa shape index (κ1) is 12.2. The zero-order valence-corrected chi connectivity index (χ0v) is 10.8. The largest absolute Gasteiger partial charge is 0.347 e. The van der Waals surface area contributed by atoms with E-state index in [0.717, 1.165) is 25.3 Å². The summed E-state index contributed by atoms with van der Waals surface area (Å²) in [7, 11) is 0. The second-order valence-electron chi connectivity index (χ2n) is 5.43. The number of rotatable bonds is 6. The summed E-state index contributed by atoms with van der Waals surface area (Å²) in [5, 5.41) is 9.57. The zero-order valence-electron chi connectivity index (χ0n) is 10.8. The summed E-state index contributed by atoms with van der Waals surface area (Å²) in [5.41, 5.74) is 0.686. The third-order valence-electron chi connectivity index (χ3n) is 3.43. The smallest absolute Gasteiger partial charge is 0.243 e. The van der Waals surface area contributed by atoms with E-state index in [1.165, 1.54) is 12.8 Å². The van der Waals surface area contributed by atoms with E-state index >= 15 is 0 Å². The van der Waals surface area contributed by atoms with Crippen LogP contribution in [0.5, 0.6) is 0 Å². The van der Waals surface area contributed by atoms with E-state index in [1.807, 2.05) is 10.9 Å². The molecule has 0 aliphatic heterocycles. The second-order valence-corrected chi connectivity index (χ2v) is 5.43. The highest BCUT2D eigenvalue weighted by Gasteiger charge is 2.29. The minimum atomic E-state index is -0.208. The van der Waals surface area contributed by atoms with E-state index in [0.29, 0.717) is 5.69 Å². The Hall–Kier alpha value is -1.85. The van der Waals surface area contributed by atoms with Crippen molar-refractivity contribution in [2.75, 3.05) is 11.9 Å². The van der Waals surface area contributed by atoms with Crippen molar-refractivity contribution in [2.24, 2.45) is 11.8 Å². The highest BCUT2D eigenvalue weighted by atomic mass is 16.2. The Morgan fingerprint density at radius 2 is 2.11 bits per heavy atom. The van der Waals surface area contributed by atoms with Crippen molar-refractivity contribution in [1.29, 1.82) is 0 Å². The van der Waals surface area contributed by atoms with E-state index in [2.05, 4.69) is 15.7 Å². The van der Waals surface area contributed by atoms with Crippen LogP contribution in [0.1, 0.15) is 25.7 Å². The number of nitrogens with zero attached hydrogens (tertiary/aromatic N) is 2. The van der Waals surface area contributed by atoms with E-state index < -0.39 is 0 Å². The van der Waals surface area contributed by atoms with Gasteiger partial charge in [0.05, 0.1) is 18.4 Å². The maximum Gasteiger partial charge on any atom is 0.243 e. The third-order valence-corrected chi connectivity index (χ3v) is 3.43. The minimum Gasteiger partial charge on any atom is -0.347 e. The molecule has 0 aromatic carbocycles. The molecule has 2 amide bonds. The molecule has 0 radical (unpaired) electrons. The van der Waals surface area contributed by atoms with Crippen LogP contribution >= 0.6 is 0 Å². The fraction of sp³-hybridized carbons (Fsp3) is 0.615. The van der Waals surface area contributed by atoms with Crippen LogP contribution in [0.25, 0.3) is 0 Å². The van der Waals surface area contributed by atoms with Crippen molar-refractivity contribution in [2.45, 2.75) is 32.2 Å². The summed E-state index contributed by atoms with van der Waals surface area (Å²) in [5.74, 6) is 0.662. The van der Waals surface area contributed by atoms with Gasteiger partial charge in [-0.3, -0.25) is 14.3 Å². The average molecular weight is 262 g/mol. The summed E-state index contributed by atoms with van der Waals surface area (Å²) in [6.07, 6.45) is 7.91. The van der Waals surface area contributed by atoms with Crippen molar-refractivity contribution >= 4 is 17.5 Å². The molecule has 2 aliphatic rings. The molecule has 0 atom stereocenters. The number of amides is 2. The molecule has 2 aliphatic carbocycles. The van der Waals surface area contributed by atoms with Gasteiger partial charge >= 0.3 is 0 Å². The Morgan fingerprint density at radius 3 is 2.79 bits per heavy atom. The first-order valence-corrected chi connectivity index (χ1v) is 6.81. The molecule has 1 heterocycles. The van der Waals surface area contributed by atoms with Gasteiger partial charge < -0.3 is 10.6 Å². The van der Waals surface area contributed by atoms with Crippen molar-refractivity contribution in [3.8, 4) is 0 Å². The molecule has 0 unspecified atom stereocenters. The molecule has 2 N–H and O–H groups in total. The van der Waals surface area contributed by atoms with Crippen molar-refractivity contribution < 1.29 is 9.59 Å². The number of carbonyl (C=O) groups is 2. The molecule has 0 bridgehead atoms. The lowest BCUT2D eigenvalue weighted by Crippen LogP contribution is -2.33. The van der Waals surface area contributed by atoms with Gasteiger partial charge in [-0.1, -0.05) is 0 Å². The first-order valence-electron chi connectivity index (χ1n) is 6.81. The fourth-order valence-corrected chi connectivity index (χ4v) is 1.96. The molecule has 2 fully saturated rings. The lowest BCUT2D eigenvalue weighted by Gasteiger charge is -2.04. The summed E-state index contributed by atoms with van der Waals surface area (Å²) in [4.78, 5) is 23.0. The minimum absolute atomic E-state index is 0.0143. The molecule has 6 heteroatoms. The maximum absolute atomic E-state index is 11.6. The van der Waals surface area contributed by atoms with Gasteiger partial charge in [0.2, 0.25) is 11.8 Å². The second kappa shape index (κ2) is 5.03. The van der Waals surface area contributed by atoms with Gasteiger partial charge in [-0.05, 0) is 31.6 Å². The Bertz CT molecular complexity index is 489. The summed E-state index contributed by atoms with van der Waals surface area (Å²) >= 11 is 0. The predicted molar refractivity (Wildman–Crippen MR) is 69.3 cm³/mol. The third kappa shape index (κ3) is 3.56. The van der Waals surface area contributed by atoms with Gasteiger partial charge in [-0.2, -0.15) is 5.10 Å². The van der Waals surface area contributed by atoms with E-state index in [4.69, 9.17) is 0 Å². The van der Waals surface area contributed by atoms with E-state index in [1.54, 1.807) is 6.20 Å². The van der Waals surface area contributed by atoms with Crippen LogP contribution < -0.4 is 10.6 Å². The highest BCUT2D eigenvalue weighted by Crippen LogP contribution is 2.30. The van der Waals surface area contributed by atoms with Crippen LogP contribution in [-0.2, 0) is 16.1 Å². The lowest BCUT2D eigenvalue weighted by molar-refractivity contribution is -0.125. The fourth-order valence-electron chi connectivity index (χ4n) is 1.96. The number of nitrogens with one attached hydrogen (secondary N) is 2. The lowest BCUT2D eigenvalue weighted by atomic mass is 10.4. The molecule has 0 saturated heterocycles. The molecule has 19 heavy (non-hydrogen) atoms. The topological polar surface area (TPSA) is 76.0 Å². The molecule has 2 saturated carbocycles. The van der Waals surface area contributed by atoms with E-state index in [-0.39, 0.29) is 24.3 Å². The average Bonchev–Trinajstić information content (AvgIpc) is 3.27. The molecular weight excluding hydrogens is 244 g/mol. The van der Waals surface area contributed by atoms with Crippen molar-refractivity contribution in [3.63, 3.8) is 0 Å². The molecule has 1 aromatic heterocycles. The summed E-state index contributed by atoms with van der Waals surface area (Å²) in [6.45, 7) is 0.956. The number of aromatic nitrogens is 2. The SMILES string of the molecule is O=C(CNC(=O)C1CC1)Nc1cnn(CC2CC2)c1. The van der Waals surface area contributed by atoms with Gasteiger partial charge in [0.25, 0.3) is 0 Å². The van der Waals surface area contributed by atoms with Crippen LogP contribution in [0.2, 0.25) is 0 Å². The van der Waals surface area contributed by atoms with Gasteiger partial charge in [0.1, 0.15) is 0 Å². The standard InChI is InChI=1S/C13H18N4O2/c18-12(6-14-13(19)10-3-4-10)16-11-5-15-17(8-11)7-9-1-2-9/h5,8-10H,1-4,6-7H2,(H,14,19)(H,16,18). The molecular formula is C13H18N4O2. The predicted octanol–water partition coefficient (Wildman–Crippen LogP) is 0.758. The molecule has 102 valence electrons. The number of hydrogen-bond donors (Lipinski definition) is 2. The number of anilines is 1. The normalized spacial score (nSPS) is 18.1. The zero-order chi connectivity index (χ0) is 13.2. The van der Waals surface area contributed by atoms with Crippen LogP contribution in [0.4, 0.5) is 5.69 Å².